The number of pyridine rings is 1. The number of anilines is 1. The van der Waals surface area contributed by atoms with E-state index in [1.165, 1.54) is 36.4 Å². The van der Waals surface area contributed by atoms with Crippen molar-refractivity contribution in [2.45, 2.75) is 48.5 Å². The number of furan rings is 1. The number of hydrogen-bond acceptors (Lipinski definition) is 8. The molecule has 13 heteroatoms. The fourth-order valence-electron chi connectivity index (χ4n) is 3.76. The first-order valence-corrected chi connectivity index (χ1v) is 15.1. The lowest BCUT2D eigenvalue weighted by molar-refractivity contribution is -0.613. The molecule has 0 unspecified atom stereocenters. The van der Waals surface area contributed by atoms with Gasteiger partial charge in [-0.15, -0.1) is 0 Å². The molecule has 10 nitrogen and oxygen atoms in total. The third-order valence-corrected chi connectivity index (χ3v) is 8.54. The zero-order chi connectivity index (χ0) is 28.6. The molecule has 2 heterocycles. The van der Waals surface area contributed by atoms with Crippen molar-refractivity contribution in [3.63, 3.8) is 0 Å². The third-order valence-electron chi connectivity index (χ3n) is 5.35. The van der Waals surface area contributed by atoms with Gasteiger partial charge in [0.1, 0.15) is 17.6 Å². The Hall–Kier alpha value is -3.61. The molecule has 0 saturated carbocycles. The van der Waals surface area contributed by atoms with Crippen LogP contribution in [0.1, 0.15) is 32.0 Å². The Labute approximate surface area is 230 Å². The highest BCUT2D eigenvalue weighted by Gasteiger charge is 2.27. The third kappa shape index (κ3) is 6.88. The molecule has 0 spiro atoms. The maximum atomic E-state index is 13.4. The number of sulfonamides is 1. The van der Waals surface area contributed by atoms with E-state index in [4.69, 9.17) is 20.8 Å². The number of rotatable bonds is 8. The maximum absolute atomic E-state index is 13.4. The lowest BCUT2D eigenvalue weighted by Crippen LogP contribution is -2.35. The summed E-state index contributed by atoms with van der Waals surface area (Å²) in [4.78, 5) is 11.9. The van der Waals surface area contributed by atoms with E-state index in [0.717, 1.165) is 6.20 Å². The van der Waals surface area contributed by atoms with E-state index in [9.17, 15) is 26.8 Å². The number of nitrogens with one attached hydrogen (secondary N) is 1. The summed E-state index contributed by atoms with van der Waals surface area (Å²) in [6.07, 6.45) is 0.732. The number of sulfone groups is 1. The molecule has 0 bridgehead atoms. The summed E-state index contributed by atoms with van der Waals surface area (Å²) in [5.74, 6) is -1.23. The predicted octanol–water partition coefficient (Wildman–Crippen LogP) is 4.38. The summed E-state index contributed by atoms with van der Waals surface area (Å²) in [6, 6.07) is 14.3. The second-order valence-electron chi connectivity index (χ2n) is 9.72. The average Bonchev–Trinajstić information content (AvgIpc) is 3.25. The number of para-hydroxylation sites is 1. The highest BCUT2D eigenvalue weighted by molar-refractivity contribution is 7.93. The van der Waals surface area contributed by atoms with Crippen LogP contribution >= 0.6 is 11.6 Å². The lowest BCUT2D eigenvalue weighted by atomic mass is 10.2. The fourth-order valence-corrected chi connectivity index (χ4v) is 6.54. The van der Waals surface area contributed by atoms with Gasteiger partial charge in [0, 0.05) is 28.6 Å². The number of fused-ring (bicyclic) bond motifs is 1. The van der Waals surface area contributed by atoms with E-state index >= 15 is 0 Å². The number of nitrogens with zero attached hydrogens (tertiary/aromatic N) is 1. The van der Waals surface area contributed by atoms with Crippen molar-refractivity contribution in [2.75, 3.05) is 4.72 Å². The number of carbonyl (C=O) groups is 1. The predicted molar refractivity (Wildman–Crippen MR) is 144 cm³/mol. The van der Waals surface area contributed by atoms with Gasteiger partial charge in [0.05, 0.1) is 16.3 Å². The summed E-state index contributed by atoms with van der Waals surface area (Å²) in [5.41, 5.74) is -0.474. The highest BCUT2D eigenvalue weighted by atomic mass is 35.5. The normalized spacial score (nSPS) is 12.4. The van der Waals surface area contributed by atoms with Crippen LogP contribution in [0.4, 0.5) is 5.69 Å². The summed E-state index contributed by atoms with van der Waals surface area (Å²) in [5, 5.41) is 12.5. The molecule has 0 radical (unpaired) electrons. The van der Waals surface area contributed by atoms with Crippen molar-refractivity contribution in [1.29, 1.82) is 0 Å². The Bertz CT molecular complexity index is 1740. The van der Waals surface area contributed by atoms with Gasteiger partial charge in [-0.2, -0.15) is 13.1 Å². The highest BCUT2D eigenvalue weighted by Crippen LogP contribution is 2.31. The first-order chi connectivity index (χ1) is 18.1. The second kappa shape index (κ2) is 10.5. The molecule has 2 aromatic heterocycles. The average molecular weight is 593 g/mol. The van der Waals surface area contributed by atoms with Crippen LogP contribution < -0.4 is 9.45 Å². The number of hydrogen-bond donors (Lipinski definition) is 1. The van der Waals surface area contributed by atoms with E-state index in [1.807, 2.05) is 0 Å². The van der Waals surface area contributed by atoms with Crippen LogP contribution in [0, 0.1) is 5.21 Å². The first-order valence-electron chi connectivity index (χ1n) is 11.6. The molecule has 0 aliphatic heterocycles. The van der Waals surface area contributed by atoms with Crippen molar-refractivity contribution in [3.8, 4) is 0 Å². The minimum Gasteiger partial charge on any atom is -0.618 e. The maximum Gasteiger partial charge on any atom is 0.317 e. The quantitative estimate of drug-likeness (QED) is 0.180. The number of halogens is 1. The summed E-state index contributed by atoms with van der Waals surface area (Å²) in [6.45, 7) is 5.06. The van der Waals surface area contributed by atoms with Gasteiger partial charge in [-0.05, 0) is 50.6 Å². The second-order valence-corrected chi connectivity index (χ2v) is 13.7. The molecule has 2 aromatic carbocycles. The van der Waals surface area contributed by atoms with Crippen LogP contribution in [0.5, 0.6) is 0 Å². The Kier molecular flexibility index (Phi) is 7.66. The standard InChI is InChI=1S/C26H25ClN2O8S2/c1-26(2,3)37-24(30)15-20-12-17(10-11-29(20)31)16-38(32,33)23-9-8-19(27)14-21(23)28-39(34,35)25-13-18-6-4-5-7-22(18)36-25/h4-14,28H,15-16H2,1-3H3. The molecule has 0 aliphatic rings. The summed E-state index contributed by atoms with van der Waals surface area (Å²) < 4.78 is 66.4. The van der Waals surface area contributed by atoms with Crippen LogP contribution in [-0.4, -0.2) is 28.4 Å². The van der Waals surface area contributed by atoms with Crippen molar-refractivity contribution in [1.82, 2.24) is 0 Å². The van der Waals surface area contributed by atoms with Gasteiger partial charge in [0.25, 0.3) is 10.0 Å². The van der Waals surface area contributed by atoms with E-state index in [-0.39, 0.29) is 33.3 Å². The molecule has 4 rings (SSSR count). The number of aromatic nitrogens is 1. The number of benzene rings is 2. The number of carbonyl (C=O) groups excluding carboxylic acids is 1. The minimum absolute atomic E-state index is 0.00105. The lowest BCUT2D eigenvalue weighted by Gasteiger charge is -2.19. The van der Waals surface area contributed by atoms with Crippen molar-refractivity contribution < 1.29 is 35.5 Å². The Morgan fingerprint density at radius 3 is 2.46 bits per heavy atom. The van der Waals surface area contributed by atoms with E-state index in [0.29, 0.717) is 15.7 Å². The van der Waals surface area contributed by atoms with Crippen molar-refractivity contribution in [2.24, 2.45) is 0 Å². The molecule has 0 amide bonds. The number of ether oxygens (including phenoxy) is 1. The SMILES string of the molecule is CC(C)(C)OC(=O)Cc1cc(CS(=O)(=O)c2ccc(Cl)cc2NS(=O)(=O)c2cc3ccccc3o2)cc[n+]1[O-]. The van der Waals surface area contributed by atoms with E-state index in [2.05, 4.69) is 4.72 Å². The van der Waals surface area contributed by atoms with Gasteiger partial charge in [0.15, 0.2) is 16.0 Å². The summed E-state index contributed by atoms with van der Waals surface area (Å²) >= 11 is 6.06. The van der Waals surface area contributed by atoms with Crippen LogP contribution in [0.3, 0.4) is 0 Å². The molecular weight excluding hydrogens is 568 g/mol. The zero-order valence-corrected chi connectivity index (χ0v) is 23.6. The van der Waals surface area contributed by atoms with Gasteiger partial charge in [-0.3, -0.25) is 9.52 Å². The van der Waals surface area contributed by atoms with Crippen molar-refractivity contribution >= 4 is 54.1 Å². The largest absolute Gasteiger partial charge is 0.618 e. The van der Waals surface area contributed by atoms with Crippen LogP contribution in [0.2, 0.25) is 5.02 Å². The monoisotopic (exact) mass is 592 g/mol. The van der Waals surface area contributed by atoms with Gasteiger partial charge >= 0.3 is 5.97 Å². The Morgan fingerprint density at radius 2 is 1.77 bits per heavy atom. The molecular formula is C26H25ClN2O8S2. The molecule has 4 aromatic rings. The molecule has 0 atom stereocenters. The zero-order valence-electron chi connectivity index (χ0n) is 21.2. The number of esters is 1. The molecule has 39 heavy (non-hydrogen) atoms. The van der Waals surface area contributed by atoms with Crippen LogP contribution in [0.25, 0.3) is 11.0 Å². The topological polar surface area (TPSA) is 147 Å². The molecule has 206 valence electrons. The van der Waals surface area contributed by atoms with Gasteiger partial charge in [-0.25, -0.2) is 8.42 Å². The fraction of sp³-hybridized carbons (Fsp3) is 0.231. The Morgan fingerprint density at radius 1 is 1.05 bits per heavy atom. The molecule has 0 fully saturated rings. The van der Waals surface area contributed by atoms with Crippen LogP contribution in [-0.2, 0) is 41.6 Å². The minimum atomic E-state index is -4.32. The molecule has 1 N–H and O–H groups in total. The van der Waals surface area contributed by atoms with E-state index in [1.54, 1.807) is 45.0 Å². The van der Waals surface area contributed by atoms with Crippen molar-refractivity contribution in [3.05, 3.63) is 88.3 Å². The Balaban J connectivity index is 1.63. The molecule has 0 saturated heterocycles. The smallest absolute Gasteiger partial charge is 0.317 e. The first kappa shape index (κ1) is 28.4. The van der Waals surface area contributed by atoms with Gasteiger partial charge < -0.3 is 14.4 Å². The molecule has 0 aliphatic carbocycles. The summed E-state index contributed by atoms with van der Waals surface area (Å²) in [7, 11) is -8.49. The van der Waals surface area contributed by atoms with Gasteiger partial charge in [-0.1, -0.05) is 29.8 Å². The van der Waals surface area contributed by atoms with Gasteiger partial charge in [0.2, 0.25) is 10.8 Å². The van der Waals surface area contributed by atoms with E-state index < -0.39 is 42.3 Å². The van der Waals surface area contributed by atoms with Crippen LogP contribution in [0.15, 0.2) is 81.3 Å².